The van der Waals surface area contributed by atoms with Crippen LogP contribution < -0.4 is 16.6 Å². The van der Waals surface area contributed by atoms with E-state index in [9.17, 15) is 14.4 Å². The second-order valence-corrected chi connectivity index (χ2v) is 7.12. The number of hydrogen-bond acceptors (Lipinski definition) is 5. The first-order valence-corrected chi connectivity index (χ1v) is 11.0. The summed E-state index contributed by atoms with van der Waals surface area (Å²) < 4.78 is 6.93. The van der Waals surface area contributed by atoms with E-state index < -0.39 is 17.5 Å². The second-order valence-electron chi connectivity index (χ2n) is 6.75. The molecule has 1 amide bonds. The van der Waals surface area contributed by atoms with E-state index in [1.165, 1.54) is 10.8 Å². The lowest BCUT2D eigenvalue weighted by molar-refractivity contribution is -0.121. The van der Waals surface area contributed by atoms with Crippen LogP contribution in [0.5, 0.6) is 0 Å². The third-order valence-corrected chi connectivity index (χ3v) is 4.91. The van der Waals surface area contributed by atoms with E-state index in [4.69, 9.17) is 21.4 Å². The van der Waals surface area contributed by atoms with Gasteiger partial charge in [0.25, 0.3) is 5.56 Å². The lowest BCUT2D eigenvalue weighted by atomic mass is 10.1. The number of aliphatic hydroxyl groups excluding tert-OH is 1. The Morgan fingerprint density at radius 3 is 2.60 bits per heavy atom. The Bertz CT molecular complexity index is 725. The van der Waals surface area contributed by atoms with Crippen LogP contribution in [0.15, 0.2) is 15.8 Å². The molecular formula is C20H36ClN3O5S. The molecule has 0 bridgehead atoms. The van der Waals surface area contributed by atoms with Crippen LogP contribution >= 0.6 is 25.1 Å². The molecule has 1 aromatic heterocycles. The monoisotopic (exact) mass is 465 g/mol. The summed E-state index contributed by atoms with van der Waals surface area (Å²) >= 11 is 5.62. The summed E-state index contributed by atoms with van der Waals surface area (Å²) in [6, 6.07) is 0. The summed E-state index contributed by atoms with van der Waals surface area (Å²) in [4.78, 5) is 38.3. The molecule has 10 heteroatoms. The number of unbranched alkanes of at least 4 members (excludes halogenated alkanes) is 3. The van der Waals surface area contributed by atoms with Crippen LogP contribution in [0.3, 0.4) is 0 Å². The molecule has 2 unspecified atom stereocenters. The minimum atomic E-state index is -0.547. The number of amides is 1. The van der Waals surface area contributed by atoms with Gasteiger partial charge in [-0.15, -0.1) is 11.6 Å². The number of aromatic nitrogens is 2. The predicted octanol–water partition coefficient (Wildman–Crippen LogP) is 2.19. The van der Waals surface area contributed by atoms with Gasteiger partial charge in [0.15, 0.2) is 0 Å². The summed E-state index contributed by atoms with van der Waals surface area (Å²) in [6.07, 6.45) is 6.26. The molecule has 2 atom stereocenters. The molecule has 1 fully saturated rings. The van der Waals surface area contributed by atoms with Gasteiger partial charge in [-0.1, -0.05) is 26.7 Å². The van der Waals surface area contributed by atoms with Crippen molar-refractivity contribution in [2.24, 2.45) is 0 Å². The molecule has 1 aliphatic heterocycles. The van der Waals surface area contributed by atoms with E-state index >= 15 is 0 Å². The molecule has 8 nitrogen and oxygen atoms in total. The van der Waals surface area contributed by atoms with Gasteiger partial charge in [-0.05, 0) is 32.1 Å². The number of ether oxygens (including phenoxy) is 1. The molecule has 0 aromatic carbocycles. The van der Waals surface area contributed by atoms with Crippen molar-refractivity contribution in [3.63, 3.8) is 0 Å². The topological polar surface area (TPSA) is 113 Å². The molecule has 2 heterocycles. The fourth-order valence-corrected chi connectivity index (χ4v) is 3.27. The molecular weight excluding hydrogens is 430 g/mol. The average molecular weight is 466 g/mol. The van der Waals surface area contributed by atoms with Crippen LogP contribution in [0.2, 0.25) is 0 Å². The van der Waals surface area contributed by atoms with E-state index in [0.29, 0.717) is 30.8 Å². The van der Waals surface area contributed by atoms with Gasteiger partial charge in [0.2, 0.25) is 5.91 Å². The van der Waals surface area contributed by atoms with Crippen LogP contribution in [0.4, 0.5) is 0 Å². The highest BCUT2D eigenvalue weighted by Crippen LogP contribution is 2.26. The van der Waals surface area contributed by atoms with E-state index in [0.717, 1.165) is 25.7 Å². The van der Waals surface area contributed by atoms with Crippen molar-refractivity contribution in [2.45, 2.75) is 77.5 Å². The van der Waals surface area contributed by atoms with Gasteiger partial charge in [-0.3, -0.25) is 19.1 Å². The Labute approximate surface area is 189 Å². The number of halogens is 1. The maximum Gasteiger partial charge on any atom is 0.330 e. The molecule has 1 saturated heterocycles. The number of alkyl halides is 1. The number of carbonyl (C=O) groups excluding carboxylic acids is 1. The van der Waals surface area contributed by atoms with Crippen molar-refractivity contribution >= 4 is 31.0 Å². The number of aromatic amines is 1. The SMILES string of the molecule is CC.O=C(CCc1cn(C2CCC(CO)O2)c(=O)[nH]c1=O)NCCCCCCCl.S. The minimum absolute atomic E-state index is 0. The minimum Gasteiger partial charge on any atom is -0.394 e. The number of rotatable bonds is 11. The van der Waals surface area contributed by atoms with Gasteiger partial charge < -0.3 is 15.2 Å². The maximum atomic E-state index is 12.0. The molecule has 30 heavy (non-hydrogen) atoms. The Hall–Kier alpha value is -1.29. The zero-order chi connectivity index (χ0) is 21.6. The highest BCUT2D eigenvalue weighted by Gasteiger charge is 2.27. The van der Waals surface area contributed by atoms with Crippen molar-refractivity contribution in [3.8, 4) is 0 Å². The fourth-order valence-electron chi connectivity index (χ4n) is 3.08. The summed E-state index contributed by atoms with van der Waals surface area (Å²) in [5.41, 5.74) is -0.668. The van der Waals surface area contributed by atoms with Crippen molar-refractivity contribution in [1.29, 1.82) is 0 Å². The molecule has 174 valence electrons. The van der Waals surface area contributed by atoms with Gasteiger partial charge in [-0.2, -0.15) is 13.5 Å². The zero-order valence-corrected chi connectivity index (χ0v) is 19.7. The number of H-pyrrole nitrogens is 1. The largest absolute Gasteiger partial charge is 0.394 e. The van der Waals surface area contributed by atoms with Gasteiger partial charge in [-0.25, -0.2) is 4.79 Å². The molecule has 3 N–H and O–H groups in total. The van der Waals surface area contributed by atoms with E-state index in [2.05, 4.69) is 10.3 Å². The molecule has 0 radical (unpaired) electrons. The summed E-state index contributed by atoms with van der Waals surface area (Å²) in [5, 5.41) is 12.0. The Kier molecular flexibility index (Phi) is 15.7. The van der Waals surface area contributed by atoms with Crippen molar-refractivity contribution in [3.05, 3.63) is 32.6 Å². The standard InChI is InChI=1S/C18H28ClN3O5.C2H6.H2S/c19-9-3-1-2-4-10-20-15(24)7-5-13-11-22(18(26)21-17(13)25)16-8-6-14(12-23)27-16;1-2;/h11,14,16,23H,1-10,12H2,(H,20,24)(H,21,25,26);1-2H3;1H2. The third-order valence-electron chi connectivity index (χ3n) is 4.64. The van der Waals surface area contributed by atoms with Gasteiger partial charge in [0.1, 0.15) is 6.23 Å². The average Bonchev–Trinajstić information content (AvgIpc) is 3.20. The normalized spacial score (nSPS) is 17.6. The lowest BCUT2D eigenvalue weighted by Crippen LogP contribution is -2.35. The first-order valence-electron chi connectivity index (χ1n) is 10.5. The smallest absolute Gasteiger partial charge is 0.330 e. The Morgan fingerprint density at radius 2 is 1.97 bits per heavy atom. The van der Waals surface area contributed by atoms with Gasteiger partial charge >= 0.3 is 5.69 Å². The third kappa shape index (κ3) is 9.68. The van der Waals surface area contributed by atoms with E-state index in [-0.39, 0.29) is 45.0 Å². The molecule has 0 aliphatic carbocycles. The summed E-state index contributed by atoms with van der Waals surface area (Å²) in [7, 11) is 0. The van der Waals surface area contributed by atoms with Gasteiger partial charge in [0, 0.05) is 30.6 Å². The van der Waals surface area contributed by atoms with Crippen LogP contribution in [0.25, 0.3) is 0 Å². The van der Waals surface area contributed by atoms with Crippen LogP contribution in [0.1, 0.15) is 70.6 Å². The van der Waals surface area contributed by atoms with Crippen LogP contribution in [0, 0.1) is 0 Å². The zero-order valence-electron chi connectivity index (χ0n) is 17.9. The van der Waals surface area contributed by atoms with E-state index in [1.807, 2.05) is 13.8 Å². The number of nitrogens with one attached hydrogen (secondary N) is 2. The summed E-state index contributed by atoms with van der Waals surface area (Å²) in [6.45, 7) is 4.50. The highest BCUT2D eigenvalue weighted by molar-refractivity contribution is 7.59. The maximum absolute atomic E-state index is 12.0. The quantitative estimate of drug-likeness (QED) is 0.342. The van der Waals surface area contributed by atoms with Crippen LogP contribution in [-0.2, 0) is 16.0 Å². The van der Waals surface area contributed by atoms with Crippen molar-refractivity contribution in [1.82, 2.24) is 14.9 Å². The first kappa shape index (κ1) is 28.7. The van der Waals surface area contributed by atoms with Crippen molar-refractivity contribution in [2.75, 3.05) is 19.0 Å². The van der Waals surface area contributed by atoms with Gasteiger partial charge in [0.05, 0.1) is 12.7 Å². The summed E-state index contributed by atoms with van der Waals surface area (Å²) in [5.74, 6) is 0.539. The van der Waals surface area contributed by atoms with E-state index in [1.54, 1.807) is 0 Å². The first-order chi connectivity index (χ1) is 14.0. The molecule has 2 rings (SSSR count). The Morgan fingerprint density at radius 1 is 1.27 bits per heavy atom. The highest BCUT2D eigenvalue weighted by atomic mass is 35.5. The molecule has 0 saturated carbocycles. The number of hydrogen-bond donors (Lipinski definition) is 3. The Balaban J connectivity index is 0.00000272. The molecule has 1 aliphatic rings. The second kappa shape index (κ2) is 16.4. The number of aliphatic hydroxyl groups is 1. The number of carbonyl (C=O) groups is 1. The lowest BCUT2D eigenvalue weighted by Gasteiger charge is -2.15. The molecule has 1 aromatic rings. The number of aryl methyl sites for hydroxylation is 1. The van der Waals surface area contributed by atoms with Crippen LogP contribution in [-0.4, -0.2) is 45.7 Å². The van der Waals surface area contributed by atoms with Crippen molar-refractivity contribution < 1.29 is 14.6 Å². The fraction of sp³-hybridized carbons (Fsp3) is 0.750. The number of nitrogens with zero attached hydrogens (tertiary/aromatic N) is 1. The predicted molar refractivity (Wildman–Crippen MR) is 124 cm³/mol. The molecule has 0 spiro atoms.